The van der Waals surface area contributed by atoms with Crippen LogP contribution in [0.2, 0.25) is 0 Å². The second kappa shape index (κ2) is 11.5. The topological polar surface area (TPSA) is 9.23 Å². The van der Waals surface area contributed by atoms with Crippen molar-refractivity contribution in [1.29, 1.82) is 0 Å². The summed E-state index contributed by atoms with van der Waals surface area (Å²) < 4.78 is 6.15. The predicted molar refractivity (Wildman–Crippen MR) is 101 cm³/mol. The van der Waals surface area contributed by atoms with Crippen molar-refractivity contribution in [2.75, 3.05) is 6.61 Å². The van der Waals surface area contributed by atoms with Crippen molar-refractivity contribution in [2.45, 2.75) is 116 Å². The normalized spacial score (nSPS) is 32.1. The highest BCUT2D eigenvalue weighted by Crippen LogP contribution is 2.41. The monoisotopic (exact) mass is 322 g/mol. The van der Waals surface area contributed by atoms with Crippen molar-refractivity contribution >= 4 is 0 Å². The maximum Gasteiger partial charge on any atom is 0.0575 e. The lowest BCUT2D eigenvalue weighted by atomic mass is 9.70. The van der Waals surface area contributed by atoms with E-state index < -0.39 is 0 Å². The van der Waals surface area contributed by atoms with Crippen LogP contribution >= 0.6 is 0 Å². The molecule has 0 heterocycles. The van der Waals surface area contributed by atoms with Crippen molar-refractivity contribution in [3.05, 3.63) is 0 Å². The van der Waals surface area contributed by atoms with E-state index in [4.69, 9.17) is 4.74 Å². The average molecular weight is 323 g/mol. The SMILES string of the molecule is CCCCCCCOC1CCC(C2CCC(CCC)CC2)CC1. The zero-order chi connectivity index (χ0) is 16.3. The first-order chi connectivity index (χ1) is 11.3. The third kappa shape index (κ3) is 7.16. The Bertz CT molecular complexity index is 272. The number of rotatable bonds is 10. The van der Waals surface area contributed by atoms with Gasteiger partial charge in [0.15, 0.2) is 0 Å². The molecule has 0 unspecified atom stereocenters. The fourth-order valence-corrected chi connectivity index (χ4v) is 5.04. The van der Waals surface area contributed by atoms with Gasteiger partial charge in [-0.25, -0.2) is 0 Å². The van der Waals surface area contributed by atoms with Crippen LogP contribution in [0.5, 0.6) is 0 Å². The van der Waals surface area contributed by atoms with E-state index in [0.29, 0.717) is 6.10 Å². The van der Waals surface area contributed by atoms with Gasteiger partial charge in [-0.2, -0.15) is 0 Å². The van der Waals surface area contributed by atoms with Gasteiger partial charge in [0.2, 0.25) is 0 Å². The van der Waals surface area contributed by atoms with Gasteiger partial charge in [-0.1, -0.05) is 65.2 Å². The molecule has 1 nitrogen and oxygen atoms in total. The van der Waals surface area contributed by atoms with Crippen LogP contribution in [0.25, 0.3) is 0 Å². The van der Waals surface area contributed by atoms with Crippen molar-refractivity contribution in [3.63, 3.8) is 0 Å². The zero-order valence-corrected chi connectivity index (χ0v) is 16.0. The van der Waals surface area contributed by atoms with Gasteiger partial charge in [-0.15, -0.1) is 0 Å². The summed E-state index contributed by atoms with van der Waals surface area (Å²) in [7, 11) is 0. The van der Waals surface area contributed by atoms with Crippen molar-refractivity contribution in [2.24, 2.45) is 17.8 Å². The van der Waals surface area contributed by atoms with E-state index in [1.165, 1.54) is 96.3 Å². The van der Waals surface area contributed by atoms with E-state index in [1.807, 2.05) is 0 Å². The molecule has 0 aromatic rings. The van der Waals surface area contributed by atoms with Crippen LogP contribution in [-0.2, 0) is 4.74 Å². The molecule has 0 aromatic carbocycles. The Morgan fingerprint density at radius 1 is 0.652 bits per heavy atom. The van der Waals surface area contributed by atoms with Crippen LogP contribution in [0.15, 0.2) is 0 Å². The second-order valence-electron chi connectivity index (χ2n) is 8.39. The second-order valence-corrected chi connectivity index (χ2v) is 8.39. The molecule has 0 spiro atoms. The molecular weight excluding hydrogens is 280 g/mol. The molecule has 0 saturated heterocycles. The molecule has 0 radical (unpaired) electrons. The Balaban J connectivity index is 1.52. The lowest BCUT2D eigenvalue weighted by molar-refractivity contribution is 0.00529. The molecule has 0 aliphatic heterocycles. The Kier molecular flexibility index (Phi) is 9.65. The predicted octanol–water partition coefficient (Wildman–Crippen LogP) is 7.14. The van der Waals surface area contributed by atoms with Gasteiger partial charge in [0, 0.05) is 6.61 Å². The third-order valence-electron chi connectivity index (χ3n) is 6.58. The van der Waals surface area contributed by atoms with Crippen LogP contribution in [0.3, 0.4) is 0 Å². The minimum Gasteiger partial charge on any atom is -0.378 e. The lowest BCUT2D eigenvalue weighted by Gasteiger charge is -2.37. The van der Waals surface area contributed by atoms with Gasteiger partial charge in [0.25, 0.3) is 0 Å². The number of unbranched alkanes of at least 4 members (excludes halogenated alkanes) is 4. The number of hydrogen-bond donors (Lipinski definition) is 0. The van der Waals surface area contributed by atoms with E-state index in [1.54, 1.807) is 0 Å². The maximum atomic E-state index is 6.15. The van der Waals surface area contributed by atoms with E-state index in [9.17, 15) is 0 Å². The fourth-order valence-electron chi connectivity index (χ4n) is 5.04. The summed E-state index contributed by atoms with van der Waals surface area (Å²) in [5.41, 5.74) is 0. The zero-order valence-electron chi connectivity index (χ0n) is 16.0. The Labute approximate surface area is 146 Å². The molecule has 0 amide bonds. The first kappa shape index (κ1) is 19.3. The highest BCUT2D eigenvalue weighted by atomic mass is 16.5. The molecule has 0 bridgehead atoms. The summed E-state index contributed by atoms with van der Waals surface area (Å²) in [5.74, 6) is 3.14. The third-order valence-corrected chi connectivity index (χ3v) is 6.58. The van der Waals surface area contributed by atoms with Gasteiger partial charge >= 0.3 is 0 Å². The molecule has 0 N–H and O–H groups in total. The molecule has 1 heteroatoms. The average Bonchev–Trinajstić information content (AvgIpc) is 2.60. The Hall–Kier alpha value is -0.0400. The summed E-state index contributed by atoms with van der Waals surface area (Å²) >= 11 is 0. The van der Waals surface area contributed by atoms with Crippen LogP contribution in [-0.4, -0.2) is 12.7 Å². The molecule has 2 fully saturated rings. The largest absolute Gasteiger partial charge is 0.378 e. The van der Waals surface area contributed by atoms with E-state index in [2.05, 4.69) is 13.8 Å². The minimum atomic E-state index is 0.592. The maximum absolute atomic E-state index is 6.15. The summed E-state index contributed by atoms with van der Waals surface area (Å²) in [6.45, 7) is 5.64. The lowest BCUT2D eigenvalue weighted by Crippen LogP contribution is -2.28. The van der Waals surface area contributed by atoms with Crippen LogP contribution in [0.4, 0.5) is 0 Å². The minimum absolute atomic E-state index is 0.592. The van der Waals surface area contributed by atoms with Gasteiger partial charge < -0.3 is 4.74 Å². The smallest absolute Gasteiger partial charge is 0.0575 e. The molecule has 0 atom stereocenters. The summed E-state index contributed by atoms with van der Waals surface area (Å²) in [4.78, 5) is 0. The van der Waals surface area contributed by atoms with Gasteiger partial charge in [0.1, 0.15) is 0 Å². The first-order valence-corrected chi connectivity index (χ1v) is 10.9. The fraction of sp³-hybridized carbons (Fsp3) is 1.00. The number of ether oxygens (including phenoxy) is 1. The summed E-state index contributed by atoms with van der Waals surface area (Å²) in [6.07, 6.45) is 21.9. The molecule has 2 aliphatic rings. The molecule has 2 rings (SSSR count). The first-order valence-electron chi connectivity index (χ1n) is 10.9. The standard InChI is InChI=1S/C22H42O/c1-3-5-6-7-8-18-23-22-16-14-21(15-17-22)20-12-10-19(9-4-2)11-13-20/h19-22H,3-18H2,1-2H3. The van der Waals surface area contributed by atoms with Crippen molar-refractivity contribution in [3.8, 4) is 0 Å². The summed E-state index contributed by atoms with van der Waals surface area (Å²) in [6, 6.07) is 0. The highest BCUT2D eigenvalue weighted by Gasteiger charge is 2.30. The van der Waals surface area contributed by atoms with Gasteiger partial charge in [-0.05, 0) is 62.7 Å². The van der Waals surface area contributed by atoms with E-state index >= 15 is 0 Å². The Morgan fingerprint density at radius 2 is 1.26 bits per heavy atom. The Morgan fingerprint density at radius 3 is 1.87 bits per heavy atom. The van der Waals surface area contributed by atoms with Crippen LogP contribution in [0.1, 0.15) is 110 Å². The number of hydrogen-bond acceptors (Lipinski definition) is 1. The van der Waals surface area contributed by atoms with E-state index in [0.717, 1.165) is 24.4 Å². The quantitative estimate of drug-likeness (QED) is 0.388. The highest BCUT2D eigenvalue weighted by molar-refractivity contribution is 4.82. The molecule has 0 aromatic heterocycles. The van der Waals surface area contributed by atoms with Gasteiger partial charge in [-0.3, -0.25) is 0 Å². The van der Waals surface area contributed by atoms with Crippen molar-refractivity contribution in [1.82, 2.24) is 0 Å². The van der Waals surface area contributed by atoms with E-state index in [-0.39, 0.29) is 0 Å². The van der Waals surface area contributed by atoms with Gasteiger partial charge in [0.05, 0.1) is 6.10 Å². The summed E-state index contributed by atoms with van der Waals surface area (Å²) in [5, 5.41) is 0. The molecule has 2 saturated carbocycles. The molecule has 23 heavy (non-hydrogen) atoms. The molecule has 2 aliphatic carbocycles. The van der Waals surface area contributed by atoms with Crippen LogP contribution < -0.4 is 0 Å². The molecular formula is C22H42O. The molecule has 136 valence electrons. The van der Waals surface area contributed by atoms with Crippen molar-refractivity contribution < 1.29 is 4.74 Å². The van der Waals surface area contributed by atoms with Crippen LogP contribution in [0, 0.1) is 17.8 Å².